The molecule has 0 atom stereocenters. The Morgan fingerprint density at radius 1 is 1.31 bits per heavy atom. The summed E-state index contributed by atoms with van der Waals surface area (Å²) >= 11 is 0.944. The first-order valence-electron chi connectivity index (χ1n) is 4.56. The fraction of sp³-hybridized carbons (Fsp3) is 0.0909. The highest BCUT2D eigenvalue weighted by Crippen LogP contribution is 2.26. The predicted octanol–water partition coefficient (Wildman–Crippen LogP) is 1.88. The Hall–Kier alpha value is -1.88. The van der Waals surface area contributed by atoms with Crippen LogP contribution in [-0.4, -0.2) is 17.2 Å². The van der Waals surface area contributed by atoms with Crippen molar-refractivity contribution in [3.63, 3.8) is 0 Å². The van der Waals surface area contributed by atoms with E-state index in [1.54, 1.807) is 0 Å². The average molecular weight is 235 g/mol. The highest BCUT2D eigenvalue weighted by molar-refractivity contribution is 7.12. The summed E-state index contributed by atoms with van der Waals surface area (Å²) in [5.74, 6) is -0.477. The number of hydrogen-bond acceptors (Lipinski definition) is 5. The lowest BCUT2D eigenvalue weighted by atomic mass is 10.2. The molecule has 0 saturated heterocycles. The summed E-state index contributed by atoms with van der Waals surface area (Å²) in [6, 6.07) is 9.20. The number of rotatable bonds is 2. The number of methoxy groups -OCH3 is 1. The second kappa shape index (κ2) is 4.32. The summed E-state index contributed by atoms with van der Waals surface area (Å²) < 4.78 is 4.41. The zero-order valence-electron chi connectivity index (χ0n) is 8.51. The molecule has 1 aromatic carbocycles. The minimum Gasteiger partial charge on any atom is -0.490 e. The Bertz CT molecular complexity index is 551. The Labute approximate surface area is 95.8 Å². The first-order valence-corrected chi connectivity index (χ1v) is 5.37. The standard InChI is InChI=1S/C11H9NO3S/c1-15-8-9(13)12-10(16-11(8)14)7-5-3-2-4-6-7/h2-6,13H,1H3. The number of aromatic nitrogens is 1. The van der Waals surface area contributed by atoms with Gasteiger partial charge >= 0.3 is 0 Å². The van der Waals surface area contributed by atoms with Crippen molar-refractivity contribution in [3.05, 3.63) is 39.9 Å². The van der Waals surface area contributed by atoms with Crippen LogP contribution in [0, 0.1) is 0 Å². The van der Waals surface area contributed by atoms with E-state index in [9.17, 15) is 9.90 Å². The van der Waals surface area contributed by atoms with Crippen LogP contribution < -0.4 is 9.48 Å². The SMILES string of the molecule is COc1c(O)nc(-c2ccccc2)sc1=O. The van der Waals surface area contributed by atoms with E-state index in [0.717, 1.165) is 16.9 Å². The summed E-state index contributed by atoms with van der Waals surface area (Å²) in [7, 11) is 1.33. The van der Waals surface area contributed by atoms with E-state index in [-0.39, 0.29) is 16.4 Å². The number of benzene rings is 1. The number of hydrogen-bond donors (Lipinski definition) is 1. The van der Waals surface area contributed by atoms with E-state index in [0.29, 0.717) is 5.01 Å². The molecule has 0 aliphatic rings. The van der Waals surface area contributed by atoms with Crippen LogP contribution in [-0.2, 0) is 0 Å². The van der Waals surface area contributed by atoms with Crippen molar-refractivity contribution < 1.29 is 9.84 Å². The molecule has 5 heteroatoms. The second-order valence-electron chi connectivity index (χ2n) is 3.03. The van der Waals surface area contributed by atoms with Crippen molar-refractivity contribution in [1.29, 1.82) is 0 Å². The van der Waals surface area contributed by atoms with E-state index in [1.165, 1.54) is 7.11 Å². The van der Waals surface area contributed by atoms with E-state index >= 15 is 0 Å². The van der Waals surface area contributed by atoms with Crippen molar-refractivity contribution in [2.45, 2.75) is 0 Å². The topological polar surface area (TPSA) is 59.4 Å². The van der Waals surface area contributed by atoms with Crippen LogP contribution in [0.3, 0.4) is 0 Å². The van der Waals surface area contributed by atoms with E-state index < -0.39 is 0 Å². The van der Waals surface area contributed by atoms with Gasteiger partial charge in [-0.2, -0.15) is 4.98 Å². The lowest BCUT2D eigenvalue weighted by Gasteiger charge is -2.03. The normalized spacial score (nSPS) is 10.1. The summed E-state index contributed by atoms with van der Waals surface area (Å²) in [4.78, 5) is 15.5. The highest BCUT2D eigenvalue weighted by atomic mass is 32.1. The predicted molar refractivity (Wildman–Crippen MR) is 62.0 cm³/mol. The third-order valence-corrected chi connectivity index (χ3v) is 2.90. The van der Waals surface area contributed by atoms with Crippen LogP contribution >= 0.6 is 11.3 Å². The van der Waals surface area contributed by atoms with E-state index in [2.05, 4.69) is 4.98 Å². The highest BCUT2D eigenvalue weighted by Gasteiger charge is 2.12. The number of nitrogens with zero attached hydrogens (tertiary/aromatic N) is 1. The third kappa shape index (κ3) is 1.90. The van der Waals surface area contributed by atoms with Crippen LogP contribution in [0.25, 0.3) is 10.6 Å². The van der Waals surface area contributed by atoms with Gasteiger partial charge in [0, 0.05) is 5.56 Å². The molecule has 1 heterocycles. The van der Waals surface area contributed by atoms with Crippen LogP contribution in [0.4, 0.5) is 0 Å². The van der Waals surface area contributed by atoms with Crippen molar-refractivity contribution >= 4 is 11.3 Å². The molecule has 2 rings (SSSR count). The molecule has 0 aliphatic heterocycles. The van der Waals surface area contributed by atoms with Crippen molar-refractivity contribution in [2.75, 3.05) is 7.11 Å². The minimum atomic E-state index is -0.370. The summed E-state index contributed by atoms with van der Waals surface area (Å²) in [5.41, 5.74) is 0.794. The maximum atomic E-state index is 11.6. The maximum absolute atomic E-state index is 11.6. The van der Waals surface area contributed by atoms with Crippen LogP contribution in [0.15, 0.2) is 35.1 Å². The van der Waals surface area contributed by atoms with E-state index in [4.69, 9.17) is 4.74 Å². The summed E-state index contributed by atoms with van der Waals surface area (Å²) in [6.07, 6.45) is 0. The van der Waals surface area contributed by atoms with Gasteiger partial charge in [-0.05, 0) is 0 Å². The Kier molecular flexibility index (Phi) is 2.87. The quantitative estimate of drug-likeness (QED) is 0.863. The Balaban J connectivity index is 2.57. The Morgan fingerprint density at radius 3 is 2.56 bits per heavy atom. The lowest BCUT2D eigenvalue weighted by molar-refractivity contribution is 0.362. The van der Waals surface area contributed by atoms with Gasteiger partial charge in [0.25, 0.3) is 10.6 Å². The molecule has 1 aromatic heterocycles. The maximum Gasteiger partial charge on any atom is 0.282 e. The summed E-state index contributed by atoms with van der Waals surface area (Å²) in [5, 5.41) is 9.98. The zero-order valence-corrected chi connectivity index (χ0v) is 9.32. The first-order chi connectivity index (χ1) is 7.72. The molecule has 1 N–H and O–H groups in total. The smallest absolute Gasteiger partial charge is 0.282 e. The number of aromatic hydroxyl groups is 1. The van der Waals surface area contributed by atoms with Crippen molar-refractivity contribution in [3.8, 4) is 22.2 Å². The molecule has 0 fully saturated rings. The molecule has 0 spiro atoms. The van der Waals surface area contributed by atoms with Gasteiger partial charge < -0.3 is 9.84 Å². The largest absolute Gasteiger partial charge is 0.490 e. The fourth-order valence-corrected chi connectivity index (χ4v) is 2.10. The van der Waals surface area contributed by atoms with Gasteiger partial charge in [-0.15, -0.1) is 0 Å². The second-order valence-corrected chi connectivity index (χ2v) is 3.99. The monoisotopic (exact) mass is 235 g/mol. The lowest BCUT2D eigenvalue weighted by Crippen LogP contribution is -2.02. The molecule has 0 aliphatic carbocycles. The molecular formula is C11H9NO3S. The molecule has 0 unspecified atom stereocenters. The molecular weight excluding hydrogens is 226 g/mol. The van der Waals surface area contributed by atoms with Gasteiger partial charge in [0.05, 0.1) is 7.11 Å². The van der Waals surface area contributed by atoms with Gasteiger partial charge in [-0.25, -0.2) is 0 Å². The van der Waals surface area contributed by atoms with Crippen molar-refractivity contribution in [2.24, 2.45) is 0 Å². The van der Waals surface area contributed by atoms with E-state index in [1.807, 2.05) is 30.3 Å². The molecule has 82 valence electrons. The van der Waals surface area contributed by atoms with Crippen LogP contribution in [0.2, 0.25) is 0 Å². The number of ether oxygens (including phenoxy) is 1. The molecule has 0 saturated carbocycles. The molecule has 0 radical (unpaired) electrons. The summed E-state index contributed by atoms with van der Waals surface area (Å²) in [6.45, 7) is 0. The Morgan fingerprint density at radius 2 is 2.00 bits per heavy atom. The van der Waals surface area contributed by atoms with Gasteiger partial charge in [-0.3, -0.25) is 4.79 Å². The average Bonchev–Trinajstić information content (AvgIpc) is 2.30. The molecule has 2 aromatic rings. The third-order valence-electron chi connectivity index (χ3n) is 2.01. The van der Waals surface area contributed by atoms with Gasteiger partial charge in [0.2, 0.25) is 5.75 Å². The zero-order chi connectivity index (χ0) is 11.5. The molecule has 16 heavy (non-hydrogen) atoms. The molecule has 4 nitrogen and oxygen atoms in total. The van der Waals surface area contributed by atoms with Gasteiger partial charge in [-0.1, -0.05) is 41.7 Å². The van der Waals surface area contributed by atoms with Crippen LogP contribution in [0.1, 0.15) is 0 Å². The fourth-order valence-electron chi connectivity index (χ4n) is 1.27. The molecule has 0 bridgehead atoms. The first kappa shape index (κ1) is 10.6. The van der Waals surface area contributed by atoms with Crippen molar-refractivity contribution in [1.82, 2.24) is 4.98 Å². The van der Waals surface area contributed by atoms with Gasteiger partial charge in [0.15, 0.2) is 0 Å². The van der Waals surface area contributed by atoms with Gasteiger partial charge in [0.1, 0.15) is 5.01 Å². The van der Waals surface area contributed by atoms with Crippen LogP contribution in [0.5, 0.6) is 11.6 Å². The molecule has 0 amide bonds. The minimum absolute atomic E-state index is 0.107.